The van der Waals surface area contributed by atoms with Gasteiger partial charge in [0.05, 0.1) is 22.9 Å². The first-order chi connectivity index (χ1) is 5.02. The Morgan fingerprint density at radius 3 is 2.45 bits per heavy atom. The third-order valence-corrected chi connectivity index (χ3v) is 2.05. The molecule has 0 saturated heterocycles. The van der Waals surface area contributed by atoms with Crippen molar-refractivity contribution < 1.29 is 13.2 Å². The van der Waals surface area contributed by atoms with Crippen molar-refractivity contribution in [2.45, 2.75) is 12.2 Å². The number of hydrogen-bond donors (Lipinski definition) is 0. The van der Waals surface area contributed by atoms with Gasteiger partial charge >= 0.3 is 6.18 Å². The molecule has 6 heteroatoms. The monoisotopic (exact) mass is 276 g/mol. The highest BCUT2D eigenvalue weighted by atomic mass is 127. The van der Waals surface area contributed by atoms with Crippen molar-refractivity contribution in [3.05, 3.63) is 12.4 Å². The molecule has 0 N–H and O–H groups in total. The molecule has 0 saturated carbocycles. The van der Waals surface area contributed by atoms with Crippen LogP contribution in [0.2, 0.25) is 0 Å². The van der Waals surface area contributed by atoms with Gasteiger partial charge in [-0.15, -0.1) is 0 Å². The largest absolute Gasteiger partial charge is 0.414 e. The van der Waals surface area contributed by atoms with Gasteiger partial charge in [0, 0.05) is 18.6 Å². The lowest BCUT2D eigenvalue weighted by Crippen LogP contribution is -2.40. The molecule has 1 aliphatic rings. The Balaban J connectivity index is 2.74. The van der Waals surface area contributed by atoms with Crippen molar-refractivity contribution in [1.82, 2.24) is 3.11 Å². The molecule has 1 unspecified atom stereocenters. The number of nitrogens with zero attached hydrogens (tertiary/aromatic N) is 2. The van der Waals surface area contributed by atoms with Crippen molar-refractivity contribution in [3.8, 4) is 0 Å². The fourth-order valence-electron chi connectivity index (χ4n) is 0.614. The molecule has 1 rings (SSSR count). The molecule has 0 aromatic heterocycles. The van der Waals surface area contributed by atoms with Gasteiger partial charge in [-0.2, -0.15) is 13.2 Å². The van der Waals surface area contributed by atoms with Gasteiger partial charge in [0.25, 0.3) is 0 Å². The van der Waals surface area contributed by atoms with Gasteiger partial charge < -0.3 is 3.11 Å². The van der Waals surface area contributed by atoms with E-state index in [4.69, 9.17) is 0 Å². The Morgan fingerprint density at radius 1 is 1.45 bits per heavy atom. The van der Waals surface area contributed by atoms with E-state index in [9.17, 15) is 13.2 Å². The molecule has 0 aliphatic carbocycles. The van der Waals surface area contributed by atoms with Gasteiger partial charge in [0.2, 0.25) is 0 Å². The summed E-state index contributed by atoms with van der Waals surface area (Å²) in [4.78, 5) is 3.40. The summed E-state index contributed by atoms with van der Waals surface area (Å²) < 4.78 is 37.1. The average molecular weight is 276 g/mol. The maximum Gasteiger partial charge on any atom is 0.414 e. The fourth-order valence-corrected chi connectivity index (χ4v) is 1.22. The summed E-state index contributed by atoms with van der Waals surface area (Å²) in [7, 11) is 0. The summed E-state index contributed by atoms with van der Waals surface area (Å²) in [6, 6.07) is -1.59. The zero-order valence-corrected chi connectivity index (χ0v) is 7.37. The van der Waals surface area contributed by atoms with Crippen molar-refractivity contribution in [3.63, 3.8) is 0 Å². The summed E-state index contributed by atoms with van der Waals surface area (Å²) in [5.74, 6) is 0. The first kappa shape index (κ1) is 8.82. The Hall–Kier alpha value is -0.270. The van der Waals surface area contributed by atoms with Crippen LogP contribution >= 0.6 is 22.9 Å². The lowest BCUT2D eigenvalue weighted by Gasteiger charge is -2.24. The molecule has 0 aromatic rings. The van der Waals surface area contributed by atoms with Crippen molar-refractivity contribution in [2.75, 3.05) is 0 Å². The fraction of sp³-hybridized carbons (Fsp3) is 0.400. The van der Waals surface area contributed by atoms with E-state index in [2.05, 4.69) is 4.99 Å². The molecular formula is C5H4F3IN2. The van der Waals surface area contributed by atoms with E-state index >= 15 is 0 Å². The third kappa shape index (κ3) is 2.08. The van der Waals surface area contributed by atoms with Crippen LogP contribution in [0.25, 0.3) is 0 Å². The zero-order chi connectivity index (χ0) is 8.48. The second-order valence-electron chi connectivity index (χ2n) is 1.93. The Labute approximate surface area is 75.3 Å². The molecule has 62 valence electrons. The summed E-state index contributed by atoms with van der Waals surface area (Å²) in [6.07, 6.45) is -0.782. The van der Waals surface area contributed by atoms with E-state index in [1.54, 1.807) is 22.9 Å². The van der Waals surface area contributed by atoms with Gasteiger partial charge in [-0.05, 0) is 0 Å². The number of alkyl halides is 3. The summed E-state index contributed by atoms with van der Waals surface area (Å²) in [5.41, 5.74) is 0. The molecular weight excluding hydrogens is 272 g/mol. The van der Waals surface area contributed by atoms with E-state index in [0.717, 1.165) is 9.33 Å². The lowest BCUT2D eigenvalue weighted by atomic mass is 10.3. The lowest BCUT2D eigenvalue weighted by molar-refractivity contribution is -0.145. The highest BCUT2D eigenvalue weighted by Crippen LogP contribution is 2.27. The highest BCUT2D eigenvalue weighted by molar-refractivity contribution is 14.1. The predicted octanol–water partition coefficient (Wildman–Crippen LogP) is 2.12. The molecule has 0 amide bonds. The normalized spacial score (nSPS) is 24.4. The standard InChI is InChI=1S/C5H4F3IN2/c6-5(7,8)4-3-10-1-2-11(4)9/h1-4H. The maximum atomic E-state index is 12.0. The molecule has 0 spiro atoms. The Kier molecular flexibility index (Phi) is 2.40. The number of rotatable bonds is 0. The highest BCUT2D eigenvalue weighted by Gasteiger charge is 2.41. The van der Waals surface area contributed by atoms with E-state index < -0.39 is 12.2 Å². The first-order valence-electron chi connectivity index (χ1n) is 2.72. The minimum Gasteiger partial charge on any atom is -0.302 e. The van der Waals surface area contributed by atoms with Crippen LogP contribution in [0.5, 0.6) is 0 Å². The van der Waals surface area contributed by atoms with Crippen LogP contribution in [0.1, 0.15) is 0 Å². The number of aliphatic imine (C=N–C) groups is 1. The van der Waals surface area contributed by atoms with Crippen LogP contribution in [-0.4, -0.2) is 21.5 Å². The molecule has 1 heterocycles. The van der Waals surface area contributed by atoms with Crippen LogP contribution in [0.15, 0.2) is 17.4 Å². The van der Waals surface area contributed by atoms with Crippen LogP contribution < -0.4 is 0 Å². The summed E-state index contributed by atoms with van der Waals surface area (Å²) in [6.45, 7) is 0. The number of halogens is 4. The van der Waals surface area contributed by atoms with E-state index in [1.807, 2.05) is 0 Å². The number of hydrogen-bond acceptors (Lipinski definition) is 2. The molecule has 1 atom stereocenters. The molecule has 2 nitrogen and oxygen atoms in total. The van der Waals surface area contributed by atoms with Gasteiger partial charge in [0.1, 0.15) is 0 Å². The molecule has 0 fully saturated rings. The van der Waals surface area contributed by atoms with Gasteiger partial charge in [-0.1, -0.05) is 0 Å². The van der Waals surface area contributed by atoms with Crippen LogP contribution in [-0.2, 0) is 0 Å². The summed E-state index contributed by atoms with van der Waals surface area (Å²) >= 11 is 1.58. The predicted molar refractivity (Wildman–Crippen MR) is 43.3 cm³/mol. The molecule has 1 aliphatic heterocycles. The van der Waals surface area contributed by atoms with E-state index in [-0.39, 0.29) is 0 Å². The topological polar surface area (TPSA) is 15.6 Å². The smallest absolute Gasteiger partial charge is 0.302 e. The van der Waals surface area contributed by atoms with Gasteiger partial charge in [0.15, 0.2) is 6.04 Å². The van der Waals surface area contributed by atoms with E-state index in [0.29, 0.717) is 0 Å². The maximum absolute atomic E-state index is 12.0. The quantitative estimate of drug-likeness (QED) is 0.489. The van der Waals surface area contributed by atoms with Gasteiger partial charge in [-0.3, -0.25) is 4.99 Å². The molecule has 0 aromatic carbocycles. The van der Waals surface area contributed by atoms with Crippen LogP contribution in [0, 0.1) is 0 Å². The third-order valence-electron chi connectivity index (χ3n) is 1.12. The van der Waals surface area contributed by atoms with Gasteiger partial charge in [-0.25, -0.2) is 0 Å². The zero-order valence-electron chi connectivity index (χ0n) is 5.22. The average Bonchev–Trinajstić information content (AvgIpc) is 1.86. The van der Waals surface area contributed by atoms with Crippen molar-refractivity contribution in [2.24, 2.45) is 4.99 Å². The second-order valence-corrected chi connectivity index (χ2v) is 3.04. The molecule has 11 heavy (non-hydrogen) atoms. The minimum atomic E-state index is -4.24. The molecule has 0 bridgehead atoms. The summed E-state index contributed by atoms with van der Waals surface area (Å²) in [5, 5.41) is 0. The van der Waals surface area contributed by atoms with Crippen molar-refractivity contribution in [1.29, 1.82) is 0 Å². The Morgan fingerprint density at radius 2 is 2.09 bits per heavy atom. The first-order valence-corrected chi connectivity index (χ1v) is 3.69. The molecule has 0 radical (unpaired) electrons. The van der Waals surface area contributed by atoms with Crippen molar-refractivity contribution >= 4 is 29.1 Å². The van der Waals surface area contributed by atoms with Crippen LogP contribution in [0.4, 0.5) is 13.2 Å². The SMILES string of the molecule is FC(F)(F)C1C=NC=CN1I. The Bertz CT molecular complexity index is 198. The minimum absolute atomic E-state index is 0.867. The van der Waals surface area contributed by atoms with E-state index in [1.165, 1.54) is 12.4 Å². The van der Waals surface area contributed by atoms with Crippen LogP contribution in [0.3, 0.4) is 0 Å². The second kappa shape index (κ2) is 3.00.